The topological polar surface area (TPSA) is 3.24 Å². The van der Waals surface area contributed by atoms with Crippen molar-refractivity contribution >= 4 is 28.6 Å². The van der Waals surface area contributed by atoms with Gasteiger partial charge in [0.05, 0.1) is 22.9 Å². The van der Waals surface area contributed by atoms with E-state index in [-0.39, 0.29) is 0 Å². The van der Waals surface area contributed by atoms with E-state index in [0.717, 1.165) is 6.04 Å². The summed E-state index contributed by atoms with van der Waals surface area (Å²) in [6.07, 6.45) is 2.72. The molecule has 0 amide bonds. The third-order valence-electron chi connectivity index (χ3n) is 1.87. The van der Waals surface area contributed by atoms with Gasteiger partial charge < -0.3 is 3.11 Å². The molecule has 0 unspecified atom stereocenters. The Morgan fingerprint density at radius 3 is 2.36 bits per heavy atom. The molecule has 1 aromatic carbocycles. The molecule has 0 saturated heterocycles. The van der Waals surface area contributed by atoms with E-state index in [1.54, 1.807) is 0 Å². The van der Waals surface area contributed by atoms with Gasteiger partial charge >= 0.3 is 0 Å². The first-order valence-corrected chi connectivity index (χ1v) is 4.84. The average molecular weight is 259 g/mol. The molecule has 1 fully saturated rings. The van der Waals surface area contributed by atoms with Crippen LogP contribution in [0.25, 0.3) is 0 Å². The SMILES string of the molecule is IN(c1ccccc1)C1CC1. The van der Waals surface area contributed by atoms with Crippen LogP contribution in [0.4, 0.5) is 5.69 Å². The molecule has 0 heterocycles. The van der Waals surface area contributed by atoms with E-state index in [4.69, 9.17) is 0 Å². The maximum Gasteiger partial charge on any atom is 0.0594 e. The van der Waals surface area contributed by atoms with Crippen molar-refractivity contribution in [3.63, 3.8) is 0 Å². The number of anilines is 1. The third-order valence-corrected chi connectivity index (χ3v) is 3.22. The van der Waals surface area contributed by atoms with Crippen molar-refractivity contribution in [2.24, 2.45) is 0 Å². The van der Waals surface area contributed by atoms with Crippen molar-refractivity contribution in [2.75, 3.05) is 3.11 Å². The summed E-state index contributed by atoms with van der Waals surface area (Å²) >= 11 is 2.39. The summed E-state index contributed by atoms with van der Waals surface area (Å²) in [5.74, 6) is 0. The van der Waals surface area contributed by atoms with Crippen LogP contribution in [0.1, 0.15) is 12.8 Å². The van der Waals surface area contributed by atoms with E-state index in [9.17, 15) is 0 Å². The predicted molar refractivity (Wildman–Crippen MR) is 56.0 cm³/mol. The third kappa shape index (κ3) is 1.67. The molecule has 1 aliphatic carbocycles. The average Bonchev–Trinajstić information content (AvgIpc) is 2.87. The van der Waals surface area contributed by atoms with Gasteiger partial charge in [-0.05, 0) is 25.0 Å². The maximum atomic E-state index is 2.39. The second kappa shape index (κ2) is 3.01. The van der Waals surface area contributed by atoms with E-state index in [1.165, 1.54) is 18.5 Å². The molecule has 0 radical (unpaired) electrons. The molecule has 0 aliphatic heterocycles. The first-order valence-electron chi connectivity index (χ1n) is 3.88. The Kier molecular flexibility index (Phi) is 2.02. The molecule has 0 bridgehead atoms. The molecular weight excluding hydrogens is 249 g/mol. The lowest BCUT2D eigenvalue weighted by atomic mass is 10.3. The van der Waals surface area contributed by atoms with Crippen LogP contribution in [0, 0.1) is 0 Å². The summed E-state index contributed by atoms with van der Waals surface area (Å²) in [7, 11) is 0. The highest BCUT2D eigenvalue weighted by Crippen LogP contribution is 2.34. The largest absolute Gasteiger partial charge is 0.312 e. The number of benzene rings is 1. The van der Waals surface area contributed by atoms with Crippen LogP contribution in [0.3, 0.4) is 0 Å². The number of nitrogens with zero attached hydrogens (tertiary/aromatic N) is 1. The molecule has 2 rings (SSSR count). The number of halogens is 1. The Labute approximate surface area is 80.9 Å². The van der Waals surface area contributed by atoms with Crippen LogP contribution in [0.2, 0.25) is 0 Å². The molecule has 2 heteroatoms. The molecule has 1 nitrogen and oxygen atoms in total. The van der Waals surface area contributed by atoms with Crippen LogP contribution in [0.5, 0.6) is 0 Å². The van der Waals surface area contributed by atoms with Crippen LogP contribution < -0.4 is 3.11 Å². The zero-order chi connectivity index (χ0) is 7.68. The standard InChI is InChI=1S/C9H10IN/c10-11(9-6-7-9)8-4-2-1-3-5-8/h1-5,9H,6-7H2. The summed E-state index contributed by atoms with van der Waals surface area (Å²) in [4.78, 5) is 0. The van der Waals surface area contributed by atoms with Crippen molar-refractivity contribution in [2.45, 2.75) is 18.9 Å². The van der Waals surface area contributed by atoms with E-state index in [0.29, 0.717) is 0 Å². The summed E-state index contributed by atoms with van der Waals surface area (Å²) in [5, 5.41) is 0. The van der Waals surface area contributed by atoms with Crippen LogP contribution >= 0.6 is 22.9 Å². The van der Waals surface area contributed by atoms with Gasteiger partial charge in [0.2, 0.25) is 0 Å². The van der Waals surface area contributed by atoms with Crippen molar-refractivity contribution in [1.82, 2.24) is 0 Å². The van der Waals surface area contributed by atoms with E-state index in [1.807, 2.05) is 0 Å². The molecule has 0 atom stereocenters. The fourth-order valence-corrected chi connectivity index (χ4v) is 1.96. The molecule has 0 aromatic heterocycles. The fraction of sp³-hybridized carbons (Fsp3) is 0.333. The summed E-state index contributed by atoms with van der Waals surface area (Å²) < 4.78 is 2.33. The molecule has 11 heavy (non-hydrogen) atoms. The van der Waals surface area contributed by atoms with E-state index < -0.39 is 0 Å². The quantitative estimate of drug-likeness (QED) is 0.583. The van der Waals surface area contributed by atoms with Crippen molar-refractivity contribution in [3.05, 3.63) is 30.3 Å². The summed E-state index contributed by atoms with van der Waals surface area (Å²) in [6, 6.07) is 11.3. The minimum Gasteiger partial charge on any atom is -0.312 e. The molecule has 1 saturated carbocycles. The van der Waals surface area contributed by atoms with Gasteiger partial charge in [-0.1, -0.05) is 18.2 Å². The van der Waals surface area contributed by atoms with E-state index >= 15 is 0 Å². The molecule has 0 N–H and O–H groups in total. The zero-order valence-electron chi connectivity index (χ0n) is 6.20. The normalized spacial score (nSPS) is 16.5. The van der Waals surface area contributed by atoms with Gasteiger partial charge in [0.25, 0.3) is 0 Å². The van der Waals surface area contributed by atoms with Gasteiger partial charge in [0.15, 0.2) is 0 Å². The van der Waals surface area contributed by atoms with Gasteiger partial charge in [-0.25, -0.2) is 0 Å². The molecule has 58 valence electrons. The van der Waals surface area contributed by atoms with Crippen LogP contribution in [-0.4, -0.2) is 6.04 Å². The van der Waals surface area contributed by atoms with E-state index in [2.05, 4.69) is 56.3 Å². The predicted octanol–water partition coefficient (Wildman–Crippen LogP) is 3.01. The van der Waals surface area contributed by atoms with Crippen LogP contribution in [-0.2, 0) is 0 Å². The van der Waals surface area contributed by atoms with Gasteiger partial charge in [0, 0.05) is 11.7 Å². The lowest BCUT2D eigenvalue weighted by molar-refractivity contribution is 1.08. The monoisotopic (exact) mass is 259 g/mol. The van der Waals surface area contributed by atoms with Gasteiger partial charge in [0.1, 0.15) is 0 Å². The van der Waals surface area contributed by atoms with Crippen molar-refractivity contribution in [1.29, 1.82) is 0 Å². The number of para-hydroxylation sites is 1. The van der Waals surface area contributed by atoms with Gasteiger partial charge in [-0.2, -0.15) is 0 Å². The highest BCUT2D eigenvalue weighted by atomic mass is 127. The molecule has 0 spiro atoms. The fourth-order valence-electron chi connectivity index (χ4n) is 1.08. The Balaban J connectivity index is 2.15. The first kappa shape index (κ1) is 7.40. The lowest BCUT2D eigenvalue weighted by Gasteiger charge is -2.14. The van der Waals surface area contributed by atoms with Gasteiger partial charge in [-0.15, -0.1) is 0 Å². The van der Waals surface area contributed by atoms with Crippen molar-refractivity contribution in [3.8, 4) is 0 Å². The lowest BCUT2D eigenvalue weighted by Crippen LogP contribution is -2.10. The van der Waals surface area contributed by atoms with Crippen LogP contribution in [0.15, 0.2) is 30.3 Å². The maximum absolute atomic E-state index is 2.39. The number of hydrogen-bond donors (Lipinski definition) is 0. The summed E-state index contributed by atoms with van der Waals surface area (Å²) in [6.45, 7) is 0. The Morgan fingerprint density at radius 1 is 1.18 bits per heavy atom. The second-order valence-corrected chi connectivity index (χ2v) is 3.92. The highest BCUT2D eigenvalue weighted by Gasteiger charge is 2.27. The Bertz CT molecular complexity index is 231. The molecular formula is C9H10IN. The number of hydrogen-bond acceptors (Lipinski definition) is 1. The Hall–Kier alpha value is -0.250. The molecule has 1 aromatic rings. The smallest absolute Gasteiger partial charge is 0.0594 e. The number of rotatable bonds is 2. The first-order chi connectivity index (χ1) is 5.38. The highest BCUT2D eigenvalue weighted by molar-refractivity contribution is 14.1. The van der Waals surface area contributed by atoms with Gasteiger partial charge in [-0.3, -0.25) is 0 Å². The van der Waals surface area contributed by atoms with Crippen molar-refractivity contribution < 1.29 is 0 Å². The Morgan fingerprint density at radius 2 is 1.82 bits per heavy atom. The summed E-state index contributed by atoms with van der Waals surface area (Å²) in [5.41, 5.74) is 1.33. The minimum atomic E-state index is 0.804. The zero-order valence-corrected chi connectivity index (χ0v) is 8.36. The second-order valence-electron chi connectivity index (χ2n) is 2.88. The minimum absolute atomic E-state index is 0.804. The molecule has 1 aliphatic rings.